The Morgan fingerprint density at radius 2 is 1.31 bits per heavy atom. The van der Waals surface area contributed by atoms with Crippen molar-refractivity contribution in [2.45, 2.75) is 25.7 Å². The summed E-state index contributed by atoms with van der Waals surface area (Å²) in [5.74, 6) is 1.60. The molecule has 0 saturated carbocycles. The first kappa shape index (κ1) is 22.4. The Hall–Kier alpha value is -3.07. The van der Waals surface area contributed by atoms with E-state index in [0.29, 0.717) is 5.02 Å². The molecule has 2 nitrogen and oxygen atoms in total. The molecular weight excluding hydrogens is 473 g/mol. The number of rotatable bonds is 3. The van der Waals surface area contributed by atoms with Crippen molar-refractivity contribution in [3.8, 4) is 0 Å². The molecule has 174 valence electrons. The van der Waals surface area contributed by atoms with Gasteiger partial charge in [-0.25, -0.2) is 4.58 Å². The SMILES string of the molecule is Clc1ccc(C2=C/C(=C\C=c3cc4c5c(c3)CCC[N+]=5CCC4)OC(c3ccc(Cl)cc3)=C2)cc1. The molecule has 4 heteroatoms. The van der Waals surface area contributed by atoms with Gasteiger partial charge in [-0.3, -0.25) is 0 Å². The number of hydrogen-bond donors (Lipinski definition) is 0. The van der Waals surface area contributed by atoms with Gasteiger partial charge in [0.2, 0.25) is 5.36 Å². The highest BCUT2D eigenvalue weighted by Gasteiger charge is 2.23. The highest BCUT2D eigenvalue weighted by molar-refractivity contribution is 6.30. The van der Waals surface area contributed by atoms with Crippen molar-refractivity contribution in [3.63, 3.8) is 0 Å². The Bertz CT molecular complexity index is 1470. The molecule has 0 saturated heterocycles. The molecule has 0 amide bonds. The summed E-state index contributed by atoms with van der Waals surface area (Å²) in [7, 11) is 0. The average Bonchev–Trinajstić information content (AvgIpc) is 2.88. The maximum Gasteiger partial charge on any atom is 0.206 e. The van der Waals surface area contributed by atoms with Crippen LogP contribution < -0.4 is 15.2 Å². The predicted molar refractivity (Wildman–Crippen MR) is 146 cm³/mol. The summed E-state index contributed by atoms with van der Waals surface area (Å²) in [6, 6.07) is 20.4. The maximum absolute atomic E-state index is 6.34. The lowest BCUT2D eigenvalue weighted by atomic mass is 9.95. The zero-order chi connectivity index (χ0) is 23.8. The lowest BCUT2D eigenvalue weighted by molar-refractivity contribution is 0.399. The lowest BCUT2D eigenvalue weighted by Crippen LogP contribution is -2.44. The van der Waals surface area contributed by atoms with Crippen LogP contribution in [-0.4, -0.2) is 13.1 Å². The molecule has 3 aromatic carbocycles. The Morgan fingerprint density at radius 1 is 0.714 bits per heavy atom. The first-order chi connectivity index (χ1) is 17.1. The fraction of sp³-hybridized carbons (Fsp3) is 0.194. The first-order valence-electron chi connectivity index (χ1n) is 12.2. The normalized spacial score (nSPS) is 17.9. The van der Waals surface area contributed by atoms with Gasteiger partial charge < -0.3 is 4.74 Å². The van der Waals surface area contributed by atoms with Gasteiger partial charge in [-0.05, 0) is 96.0 Å². The number of aryl methyl sites for hydroxylation is 2. The molecule has 3 aromatic rings. The topological polar surface area (TPSA) is 12.2 Å². The van der Waals surface area contributed by atoms with Crippen molar-refractivity contribution in [3.05, 3.63) is 128 Å². The first-order valence-corrected chi connectivity index (χ1v) is 13.0. The van der Waals surface area contributed by atoms with Crippen LogP contribution >= 0.6 is 23.2 Å². The zero-order valence-corrected chi connectivity index (χ0v) is 20.9. The summed E-state index contributed by atoms with van der Waals surface area (Å²) in [6.07, 6.45) is 13.2. The Kier molecular flexibility index (Phi) is 6.10. The summed E-state index contributed by atoms with van der Waals surface area (Å²) in [6.45, 7) is 2.39. The van der Waals surface area contributed by atoms with Gasteiger partial charge in [0.15, 0.2) is 0 Å². The van der Waals surface area contributed by atoms with Crippen molar-refractivity contribution in [2.75, 3.05) is 13.1 Å². The van der Waals surface area contributed by atoms with Crippen LogP contribution in [0.2, 0.25) is 10.0 Å². The van der Waals surface area contributed by atoms with Crippen LogP contribution in [0.4, 0.5) is 0 Å². The number of nitrogens with zero attached hydrogens (tertiary/aromatic N) is 1. The quantitative estimate of drug-likeness (QED) is 0.391. The van der Waals surface area contributed by atoms with E-state index in [0.717, 1.165) is 46.1 Å². The van der Waals surface area contributed by atoms with E-state index in [9.17, 15) is 0 Å². The molecule has 0 N–H and O–H groups in total. The van der Waals surface area contributed by atoms with Gasteiger partial charge in [-0.15, -0.1) is 0 Å². The molecule has 0 unspecified atom stereocenters. The minimum atomic E-state index is 0.706. The van der Waals surface area contributed by atoms with Gasteiger partial charge in [0.25, 0.3) is 0 Å². The molecule has 6 rings (SSSR count). The second-order valence-corrected chi connectivity index (χ2v) is 10.2. The van der Waals surface area contributed by atoms with Crippen molar-refractivity contribution < 1.29 is 4.74 Å². The highest BCUT2D eigenvalue weighted by Crippen LogP contribution is 2.32. The fourth-order valence-corrected chi connectivity index (χ4v) is 5.53. The number of allylic oxidation sites excluding steroid dienone is 4. The van der Waals surface area contributed by atoms with Gasteiger partial charge >= 0.3 is 0 Å². The minimum Gasteiger partial charge on any atom is -0.457 e. The van der Waals surface area contributed by atoms with E-state index >= 15 is 0 Å². The molecule has 0 radical (unpaired) electrons. The van der Waals surface area contributed by atoms with Crippen LogP contribution in [-0.2, 0) is 17.6 Å². The third kappa shape index (κ3) is 4.74. The second kappa shape index (κ2) is 9.53. The van der Waals surface area contributed by atoms with E-state index in [-0.39, 0.29) is 0 Å². The molecule has 3 heterocycles. The van der Waals surface area contributed by atoms with Crippen molar-refractivity contribution >= 4 is 40.6 Å². The Morgan fingerprint density at radius 3 is 1.94 bits per heavy atom. The van der Waals surface area contributed by atoms with E-state index in [1.54, 1.807) is 0 Å². The number of benzene rings is 3. The summed E-state index contributed by atoms with van der Waals surface area (Å²) in [4.78, 5) is 0. The largest absolute Gasteiger partial charge is 0.457 e. The predicted octanol–water partition coefficient (Wildman–Crippen LogP) is 6.20. The van der Waals surface area contributed by atoms with E-state index in [4.69, 9.17) is 27.9 Å². The van der Waals surface area contributed by atoms with Crippen LogP contribution in [0, 0.1) is 0 Å². The molecule has 0 aliphatic carbocycles. The monoisotopic (exact) mass is 498 g/mol. The van der Waals surface area contributed by atoms with Crippen LogP contribution in [0.3, 0.4) is 0 Å². The standard InChI is InChI=1S/C31H26Cl2NO/c32-27-10-6-22(7-11-27)26-19-29(35-30(20-26)23-8-12-28(33)13-9-23)14-5-21-17-24-3-1-15-34-16-2-4-25(18-21)31(24)34/h5-14,17-20H,1-4,15-16H2/q+1/b29-14+. The van der Waals surface area contributed by atoms with E-state index in [1.165, 1.54) is 47.6 Å². The minimum absolute atomic E-state index is 0.706. The van der Waals surface area contributed by atoms with Crippen molar-refractivity contribution in [2.24, 2.45) is 0 Å². The molecular formula is C31H26Cl2NO+. The van der Waals surface area contributed by atoms with Crippen LogP contribution in [0.5, 0.6) is 0 Å². The zero-order valence-electron chi connectivity index (χ0n) is 19.4. The summed E-state index contributed by atoms with van der Waals surface area (Å²) in [5, 5.41) is 4.17. The van der Waals surface area contributed by atoms with Crippen molar-refractivity contribution in [1.82, 2.24) is 4.58 Å². The molecule has 0 spiro atoms. The Labute approximate surface area is 215 Å². The molecule has 0 fully saturated rings. The molecule has 3 aliphatic heterocycles. The third-order valence-corrected chi connectivity index (χ3v) is 7.42. The van der Waals surface area contributed by atoms with Gasteiger partial charge in [0.1, 0.15) is 24.6 Å². The number of ether oxygens (including phenoxy) is 1. The lowest BCUT2D eigenvalue weighted by Gasteiger charge is -2.19. The molecule has 35 heavy (non-hydrogen) atoms. The Balaban J connectivity index is 1.42. The van der Waals surface area contributed by atoms with Crippen LogP contribution in [0.1, 0.15) is 35.1 Å². The number of halogens is 2. The van der Waals surface area contributed by atoms with Gasteiger partial charge in [0, 0.05) is 39.6 Å². The summed E-state index contributed by atoms with van der Waals surface area (Å²) in [5.41, 5.74) is 6.13. The molecule has 0 atom stereocenters. The van der Waals surface area contributed by atoms with Crippen LogP contribution in [0.25, 0.3) is 17.4 Å². The van der Waals surface area contributed by atoms with E-state index in [2.05, 4.69) is 41.0 Å². The highest BCUT2D eigenvalue weighted by atomic mass is 35.5. The third-order valence-electron chi connectivity index (χ3n) is 6.91. The smallest absolute Gasteiger partial charge is 0.206 e. The van der Waals surface area contributed by atoms with E-state index in [1.807, 2.05) is 48.5 Å². The average molecular weight is 499 g/mol. The van der Waals surface area contributed by atoms with Crippen LogP contribution in [0.15, 0.2) is 84.7 Å². The van der Waals surface area contributed by atoms with Crippen molar-refractivity contribution in [1.29, 1.82) is 0 Å². The molecule has 3 aliphatic rings. The fourth-order valence-electron chi connectivity index (χ4n) is 5.27. The molecule has 0 aromatic heterocycles. The van der Waals surface area contributed by atoms with Gasteiger partial charge in [-0.2, -0.15) is 0 Å². The molecule has 0 bridgehead atoms. The van der Waals surface area contributed by atoms with E-state index < -0.39 is 0 Å². The second-order valence-electron chi connectivity index (χ2n) is 9.34. The van der Waals surface area contributed by atoms with Gasteiger partial charge in [-0.1, -0.05) is 41.4 Å². The summed E-state index contributed by atoms with van der Waals surface area (Å²) >= 11 is 12.3. The summed E-state index contributed by atoms with van der Waals surface area (Å²) < 4.78 is 8.92. The number of hydrogen-bond acceptors (Lipinski definition) is 1. The van der Waals surface area contributed by atoms with Gasteiger partial charge in [0.05, 0.1) is 0 Å². The maximum atomic E-state index is 6.34.